The summed E-state index contributed by atoms with van der Waals surface area (Å²) in [5, 5.41) is 21.9. The predicted molar refractivity (Wildman–Crippen MR) is 49.2 cm³/mol. The fourth-order valence-electron chi connectivity index (χ4n) is 1.05. The highest BCUT2D eigenvalue weighted by Gasteiger charge is 2.20. The maximum absolute atomic E-state index is 13.1. The highest BCUT2D eigenvalue weighted by atomic mass is 19.1. The molecule has 6 nitrogen and oxygen atoms in total. The number of aromatic nitrogens is 1. The molecule has 0 saturated carbocycles. The van der Waals surface area contributed by atoms with E-state index in [0.717, 1.165) is 6.20 Å². The first kappa shape index (κ1) is 11.4. The van der Waals surface area contributed by atoms with Crippen LogP contribution in [0.2, 0.25) is 0 Å². The normalized spacial score (nSPS) is 14.1. The summed E-state index contributed by atoms with van der Waals surface area (Å²) in [6.45, 7) is -0.320. The van der Waals surface area contributed by atoms with Gasteiger partial charge in [0.25, 0.3) is 0 Å². The van der Waals surface area contributed by atoms with Crippen LogP contribution in [0.25, 0.3) is 10.4 Å². The predicted octanol–water partition coefficient (Wildman–Crippen LogP) is 0.925. The van der Waals surface area contributed by atoms with Crippen molar-refractivity contribution in [1.29, 1.82) is 0 Å². The number of azide groups is 1. The molecule has 0 aliphatic heterocycles. The third-order valence-electron chi connectivity index (χ3n) is 1.82. The zero-order valence-corrected chi connectivity index (χ0v) is 7.66. The van der Waals surface area contributed by atoms with Gasteiger partial charge in [-0.3, -0.25) is 4.98 Å². The average Bonchev–Trinajstić information content (AvgIpc) is 2.25. The first-order chi connectivity index (χ1) is 7.16. The number of aliphatic hydroxyl groups excluding tert-OH is 2. The molecule has 0 aromatic carbocycles. The van der Waals surface area contributed by atoms with Gasteiger partial charge in [-0.15, -0.1) is 0 Å². The monoisotopic (exact) mass is 212 g/mol. The lowest BCUT2D eigenvalue weighted by Gasteiger charge is -2.16. The zero-order valence-electron chi connectivity index (χ0n) is 7.66. The molecule has 1 rings (SSSR count). The molecule has 15 heavy (non-hydrogen) atoms. The highest BCUT2D eigenvalue weighted by Crippen LogP contribution is 2.19. The molecule has 0 radical (unpaired) electrons. The largest absolute Gasteiger partial charge is 0.390 e. The highest BCUT2D eigenvalue weighted by molar-refractivity contribution is 5.16. The summed E-state index contributed by atoms with van der Waals surface area (Å²) in [6, 6.07) is 1.25. The Bertz CT molecular complexity index is 381. The van der Waals surface area contributed by atoms with Gasteiger partial charge in [0, 0.05) is 16.7 Å². The third-order valence-corrected chi connectivity index (χ3v) is 1.82. The van der Waals surface area contributed by atoms with Crippen molar-refractivity contribution in [2.24, 2.45) is 5.11 Å². The standard InChI is InChI=1S/C8H9FN4O2/c9-6-3-11-2-1-5(6)8(15)7(14)4-12-13-10/h1-3,7-8,14-15H,4H2. The number of rotatable bonds is 4. The molecule has 0 saturated heterocycles. The van der Waals surface area contributed by atoms with Gasteiger partial charge in [-0.2, -0.15) is 0 Å². The van der Waals surface area contributed by atoms with Gasteiger partial charge in [0.15, 0.2) is 0 Å². The van der Waals surface area contributed by atoms with Gasteiger partial charge < -0.3 is 10.2 Å². The number of halogens is 1. The van der Waals surface area contributed by atoms with Crippen molar-refractivity contribution in [3.05, 3.63) is 40.3 Å². The molecule has 0 aliphatic rings. The van der Waals surface area contributed by atoms with E-state index in [-0.39, 0.29) is 12.1 Å². The van der Waals surface area contributed by atoms with Crippen molar-refractivity contribution >= 4 is 0 Å². The third kappa shape index (κ3) is 2.88. The summed E-state index contributed by atoms with van der Waals surface area (Å²) in [5.74, 6) is -0.718. The smallest absolute Gasteiger partial charge is 0.147 e. The summed E-state index contributed by atoms with van der Waals surface area (Å²) >= 11 is 0. The molecule has 0 amide bonds. The van der Waals surface area contributed by atoms with E-state index < -0.39 is 18.0 Å². The molecular weight excluding hydrogens is 203 g/mol. The maximum atomic E-state index is 13.1. The Balaban J connectivity index is 2.79. The van der Waals surface area contributed by atoms with E-state index in [1.165, 1.54) is 12.3 Å². The molecule has 0 aliphatic carbocycles. The van der Waals surface area contributed by atoms with E-state index in [0.29, 0.717) is 0 Å². The molecule has 7 heteroatoms. The van der Waals surface area contributed by atoms with Crippen molar-refractivity contribution in [2.45, 2.75) is 12.2 Å². The quantitative estimate of drug-likeness (QED) is 0.440. The van der Waals surface area contributed by atoms with E-state index in [1.807, 2.05) is 0 Å². The molecule has 80 valence electrons. The Kier molecular flexibility index (Phi) is 3.99. The van der Waals surface area contributed by atoms with Crippen molar-refractivity contribution in [3.8, 4) is 0 Å². The summed E-state index contributed by atoms with van der Waals surface area (Å²) in [4.78, 5) is 5.92. The summed E-state index contributed by atoms with van der Waals surface area (Å²) < 4.78 is 13.1. The summed E-state index contributed by atoms with van der Waals surface area (Å²) in [6.07, 6.45) is -0.544. The van der Waals surface area contributed by atoms with Gasteiger partial charge in [0.05, 0.1) is 18.8 Å². The van der Waals surface area contributed by atoms with Crippen molar-refractivity contribution < 1.29 is 14.6 Å². The fraction of sp³-hybridized carbons (Fsp3) is 0.375. The van der Waals surface area contributed by atoms with Gasteiger partial charge in [-0.1, -0.05) is 5.11 Å². The molecular formula is C8H9FN4O2. The van der Waals surface area contributed by atoms with E-state index in [9.17, 15) is 14.6 Å². The van der Waals surface area contributed by atoms with Crippen LogP contribution in [0.15, 0.2) is 23.6 Å². The van der Waals surface area contributed by atoms with Crippen molar-refractivity contribution in [2.75, 3.05) is 6.54 Å². The van der Waals surface area contributed by atoms with Crippen LogP contribution in [0.5, 0.6) is 0 Å². The van der Waals surface area contributed by atoms with E-state index in [2.05, 4.69) is 15.0 Å². The lowest BCUT2D eigenvalue weighted by molar-refractivity contribution is 0.0222. The van der Waals surface area contributed by atoms with Crippen LogP contribution in [-0.4, -0.2) is 27.8 Å². The number of pyridine rings is 1. The van der Waals surface area contributed by atoms with E-state index in [4.69, 9.17) is 5.53 Å². The summed E-state index contributed by atoms with van der Waals surface area (Å²) in [5.41, 5.74) is 7.93. The van der Waals surface area contributed by atoms with Crippen molar-refractivity contribution in [1.82, 2.24) is 4.98 Å². The van der Waals surface area contributed by atoms with Gasteiger partial charge in [0.1, 0.15) is 11.9 Å². The molecule has 0 bridgehead atoms. The average molecular weight is 212 g/mol. The topological polar surface area (TPSA) is 102 Å². The first-order valence-electron chi connectivity index (χ1n) is 4.13. The Morgan fingerprint density at radius 2 is 2.33 bits per heavy atom. The number of hydrogen-bond donors (Lipinski definition) is 2. The van der Waals surface area contributed by atoms with Gasteiger partial charge in [-0.05, 0) is 11.6 Å². The molecule has 0 fully saturated rings. The van der Waals surface area contributed by atoms with Crippen LogP contribution >= 0.6 is 0 Å². The lowest BCUT2D eigenvalue weighted by Crippen LogP contribution is -2.22. The minimum absolute atomic E-state index is 0.0781. The second kappa shape index (κ2) is 5.26. The fourth-order valence-corrected chi connectivity index (χ4v) is 1.05. The van der Waals surface area contributed by atoms with E-state index >= 15 is 0 Å². The Morgan fingerprint density at radius 1 is 1.60 bits per heavy atom. The SMILES string of the molecule is [N-]=[N+]=NCC(O)C(O)c1ccncc1F. The molecule has 0 spiro atoms. The van der Waals surface area contributed by atoms with Gasteiger partial charge in [0.2, 0.25) is 0 Å². The Labute approximate surface area is 84.6 Å². The first-order valence-corrected chi connectivity index (χ1v) is 4.13. The molecule has 2 atom stereocenters. The second-order valence-electron chi connectivity index (χ2n) is 2.82. The minimum Gasteiger partial charge on any atom is -0.390 e. The Morgan fingerprint density at radius 3 is 2.93 bits per heavy atom. The zero-order chi connectivity index (χ0) is 11.3. The van der Waals surface area contributed by atoms with Gasteiger partial charge in [-0.25, -0.2) is 4.39 Å². The molecule has 2 N–H and O–H groups in total. The van der Waals surface area contributed by atoms with Crippen LogP contribution in [0.1, 0.15) is 11.7 Å². The molecule has 1 heterocycles. The second-order valence-corrected chi connectivity index (χ2v) is 2.82. The summed E-state index contributed by atoms with van der Waals surface area (Å²) in [7, 11) is 0. The van der Waals surface area contributed by atoms with Crippen molar-refractivity contribution in [3.63, 3.8) is 0 Å². The van der Waals surface area contributed by atoms with Crippen LogP contribution in [0.4, 0.5) is 4.39 Å². The Hall–Kier alpha value is -1.69. The minimum atomic E-state index is -1.43. The van der Waals surface area contributed by atoms with Crippen LogP contribution < -0.4 is 0 Å². The van der Waals surface area contributed by atoms with Crippen LogP contribution in [0, 0.1) is 5.82 Å². The number of hydrogen-bond acceptors (Lipinski definition) is 4. The molecule has 1 aromatic heterocycles. The van der Waals surface area contributed by atoms with Crippen LogP contribution in [-0.2, 0) is 0 Å². The van der Waals surface area contributed by atoms with Gasteiger partial charge >= 0.3 is 0 Å². The molecule has 1 aromatic rings. The lowest BCUT2D eigenvalue weighted by atomic mass is 10.1. The van der Waals surface area contributed by atoms with Crippen LogP contribution in [0.3, 0.4) is 0 Å². The number of aliphatic hydroxyl groups is 2. The maximum Gasteiger partial charge on any atom is 0.147 e. The number of nitrogens with zero attached hydrogens (tertiary/aromatic N) is 4. The van der Waals surface area contributed by atoms with E-state index in [1.54, 1.807) is 0 Å². The molecule has 2 unspecified atom stereocenters.